The lowest BCUT2D eigenvalue weighted by molar-refractivity contribution is -0.137. The quantitative estimate of drug-likeness (QED) is 0.860. The Hall–Kier alpha value is -1.65. The van der Waals surface area contributed by atoms with Gasteiger partial charge in [0.2, 0.25) is 0 Å². The van der Waals surface area contributed by atoms with Crippen LogP contribution in [-0.4, -0.2) is 24.2 Å². The molecule has 0 heterocycles. The average Bonchev–Trinajstić information content (AvgIpc) is 2.15. The zero-order chi connectivity index (χ0) is 12.3. The molecule has 0 aliphatic heterocycles. The van der Waals surface area contributed by atoms with E-state index in [1.165, 1.54) is 11.0 Å². The fourth-order valence-electron chi connectivity index (χ4n) is 1.39. The molecule has 0 radical (unpaired) electrons. The van der Waals surface area contributed by atoms with Gasteiger partial charge in [-0.25, -0.2) is 8.78 Å². The lowest BCUT2D eigenvalue weighted by Gasteiger charge is -2.26. The Morgan fingerprint density at radius 2 is 2.12 bits per heavy atom. The van der Waals surface area contributed by atoms with Gasteiger partial charge >= 0.3 is 5.97 Å². The minimum atomic E-state index is -0.957. The van der Waals surface area contributed by atoms with Crippen molar-refractivity contribution in [3.63, 3.8) is 0 Å². The molecule has 1 unspecified atom stereocenters. The number of aliphatic carboxylic acids is 1. The molecule has 0 saturated heterocycles. The lowest BCUT2D eigenvalue weighted by Crippen LogP contribution is -2.31. The highest BCUT2D eigenvalue weighted by atomic mass is 19.1. The number of carboxylic acids is 1. The summed E-state index contributed by atoms with van der Waals surface area (Å²) < 4.78 is 26.0. The SMILES string of the molecule is CC(CC(=O)O)N(C)c1ccc(F)cc1F. The van der Waals surface area contributed by atoms with E-state index in [1.54, 1.807) is 14.0 Å². The van der Waals surface area contributed by atoms with Gasteiger partial charge < -0.3 is 10.0 Å². The van der Waals surface area contributed by atoms with E-state index in [-0.39, 0.29) is 18.2 Å². The summed E-state index contributed by atoms with van der Waals surface area (Å²) in [6.07, 6.45) is -0.104. The number of rotatable bonds is 4. The summed E-state index contributed by atoms with van der Waals surface area (Å²) in [5.41, 5.74) is 0.190. The molecule has 0 aromatic heterocycles. The van der Waals surface area contributed by atoms with Crippen LogP contribution in [0, 0.1) is 11.6 Å². The van der Waals surface area contributed by atoms with E-state index in [0.29, 0.717) is 0 Å². The monoisotopic (exact) mass is 229 g/mol. The van der Waals surface area contributed by atoms with E-state index in [2.05, 4.69) is 0 Å². The van der Waals surface area contributed by atoms with Crippen molar-refractivity contribution in [1.29, 1.82) is 0 Å². The standard InChI is InChI=1S/C11H13F2NO2/c1-7(5-11(15)16)14(2)10-4-3-8(12)6-9(10)13/h3-4,6-7H,5H2,1-2H3,(H,15,16). The molecule has 88 valence electrons. The van der Waals surface area contributed by atoms with E-state index in [1.807, 2.05) is 0 Å². The van der Waals surface area contributed by atoms with Crippen LogP contribution in [0.2, 0.25) is 0 Å². The maximum absolute atomic E-state index is 13.4. The minimum Gasteiger partial charge on any atom is -0.481 e. The Bertz CT molecular complexity index is 396. The van der Waals surface area contributed by atoms with Gasteiger partial charge in [-0.15, -0.1) is 0 Å². The second-order valence-corrected chi connectivity index (χ2v) is 3.65. The highest BCUT2D eigenvalue weighted by Crippen LogP contribution is 2.21. The van der Waals surface area contributed by atoms with Gasteiger partial charge in [-0.1, -0.05) is 0 Å². The first kappa shape index (κ1) is 12.4. The van der Waals surface area contributed by atoms with Gasteiger partial charge in [0.25, 0.3) is 0 Å². The third-order valence-electron chi connectivity index (χ3n) is 2.42. The summed E-state index contributed by atoms with van der Waals surface area (Å²) >= 11 is 0. The molecule has 0 spiro atoms. The van der Waals surface area contributed by atoms with Crippen molar-refractivity contribution in [2.45, 2.75) is 19.4 Å². The molecule has 0 bridgehead atoms. The van der Waals surface area contributed by atoms with E-state index in [4.69, 9.17) is 5.11 Å². The normalized spacial score (nSPS) is 12.2. The number of benzene rings is 1. The second kappa shape index (κ2) is 4.92. The average molecular weight is 229 g/mol. The van der Waals surface area contributed by atoms with Crippen LogP contribution in [0.3, 0.4) is 0 Å². The van der Waals surface area contributed by atoms with E-state index in [9.17, 15) is 13.6 Å². The van der Waals surface area contributed by atoms with Crippen LogP contribution in [0.25, 0.3) is 0 Å². The Labute approximate surface area is 92.3 Å². The maximum Gasteiger partial charge on any atom is 0.305 e. The maximum atomic E-state index is 13.4. The lowest BCUT2D eigenvalue weighted by atomic mass is 10.2. The van der Waals surface area contributed by atoms with E-state index in [0.717, 1.165) is 12.1 Å². The summed E-state index contributed by atoms with van der Waals surface area (Å²) in [4.78, 5) is 12.0. The van der Waals surface area contributed by atoms with Gasteiger partial charge in [-0.3, -0.25) is 4.79 Å². The molecular weight excluding hydrogens is 216 g/mol. The van der Waals surface area contributed by atoms with Crippen molar-refractivity contribution in [3.8, 4) is 0 Å². The first-order valence-electron chi connectivity index (χ1n) is 4.81. The molecule has 0 aliphatic carbocycles. The zero-order valence-corrected chi connectivity index (χ0v) is 9.08. The van der Waals surface area contributed by atoms with Crippen molar-refractivity contribution in [3.05, 3.63) is 29.8 Å². The number of hydrogen-bond acceptors (Lipinski definition) is 2. The third kappa shape index (κ3) is 2.92. The number of halogens is 2. The van der Waals surface area contributed by atoms with Crippen molar-refractivity contribution < 1.29 is 18.7 Å². The van der Waals surface area contributed by atoms with Crippen molar-refractivity contribution >= 4 is 11.7 Å². The molecule has 0 fully saturated rings. The van der Waals surface area contributed by atoms with Crippen LogP contribution in [-0.2, 0) is 4.79 Å². The van der Waals surface area contributed by atoms with Crippen LogP contribution in [0.1, 0.15) is 13.3 Å². The largest absolute Gasteiger partial charge is 0.481 e. The van der Waals surface area contributed by atoms with Crippen molar-refractivity contribution in [2.24, 2.45) is 0 Å². The van der Waals surface area contributed by atoms with Gasteiger partial charge in [0, 0.05) is 19.2 Å². The Kier molecular flexibility index (Phi) is 3.82. The highest BCUT2D eigenvalue weighted by Gasteiger charge is 2.16. The highest BCUT2D eigenvalue weighted by molar-refractivity contribution is 5.68. The molecule has 16 heavy (non-hydrogen) atoms. The number of nitrogens with zero attached hydrogens (tertiary/aromatic N) is 1. The molecule has 5 heteroatoms. The Morgan fingerprint density at radius 3 is 2.62 bits per heavy atom. The summed E-state index contributed by atoms with van der Waals surface area (Å²) in [7, 11) is 1.57. The Morgan fingerprint density at radius 1 is 1.50 bits per heavy atom. The summed E-state index contributed by atoms with van der Waals surface area (Å²) in [5.74, 6) is -2.30. The molecule has 1 rings (SSSR count). The van der Waals surface area contributed by atoms with Gasteiger partial charge in [0.05, 0.1) is 12.1 Å². The fraction of sp³-hybridized carbons (Fsp3) is 0.364. The third-order valence-corrected chi connectivity index (χ3v) is 2.42. The number of carboxylic acid groups (broad SMARTS) is 1. The second-order valence-electron chi connectivity index (χ2n) is 3.65. The molecular formula is C11H13F2NO2. The van der Waals surface area contributed by atoms with Crippen LogP contribution in [0.5, 0.6) is 0 Å². The fourth-order valence-corrected chi connectivity index (χ4v) is 1.39. The predicted octanol–water partition coefficient (Wildman–Crippen LogP) is 2.26. The molecule has 0 aliphatic rings. The molecule has 1 aromatic rings. The number of hydrogen-bond donors (Lipinski definition) is 1. The predicted molar refractivity (Wildman–Crippen MR) is 56.5 cm³/mol. The summed E-state index contributed by atoms with van der Waals surface area (Å²) in [5, 5.41) is 8.61. The smallest absolute Gasteiger partial charge is 0.305 e. The van der Waals surface area contributed by atoms with Crippen LogP contribution in [0.4, 0.5) is 14.5 Å². The molecule has 3 nitrogen and oxygen atoms in total. The van der Waals surface area contributed by atoms with E-state index < -0.39 is 17.6 Å². The molecule has 1 atom stereocenters. The van der Waals surface area contributed by atoms with Crippen molar-refractivity contribution in [1.82, 2.24) is 0 Å². The Balaban J connectivity index is 2.87. The first-order chi connectivity index (χ1) is 7.41. The topological polar surface area (TPSA) is 40.5 Å². The first-order valence-corrected chi connectivity index (χ1v) is 4.81. The van der Waals surface area contributed by atoms with Crippen LogP contribution < -0.4 is 4.90 Å². The molecule has 0 saturated carbocycles. The van der Waals surface area contributed by atoms with Crippen LogP contribution in [0.15, 0.2) is 18.2 Å². The van der Waals surface area contributed by atoms with Crippen molar-refractivity contribution in [2.75, 3.05) is 11.9 Å². The van der Waals surface area contributed by atoms with Gasteiger partial charge in [-0.2, -0.15) is 0 Å². The van der Waals surface area contributed by atoms with Gasteiger partial charge in [-0.05, 0) is 19.1 Å². The minimum absolute atomic E-state index is 0.104. The number of anilines is 1. The summed E-state index contributed by atoms with van der Waals surface area (Å²) in [6.45, 7) is 1.66. The van der Waals surface area contributed by atoms with Gasteiger partial charge in [0.15, 0.2) is 0 Å². The van der Waals surface area contributed by atoms with E-state index >= 15 is 0 Å². The molecule has 0 amide bonds. The molecule has 1 aromatic carbocycles. The molecule has 1 N–H and O–H groups in total. The van der Waals surface area contributed by atoms with Gasteiger partial charge in [0.1, 0.15) is 11.6 Å². The zero-order valence-electron chi connectivity index (χ0n) is 9.08. The summed E-state index contributed by atoms with van der Waals surface area (Å²) in [6, 6.07) is 2.85. The number of carbonyl (C=O) groups is 1. The van der Waals surface area contributed by atoms with Crippen LogP contribution >= 0.6 is 0 Å².